The van der Waals surface area contributed by atoms with Crippen molar-refractivity contribution >= 4 is 10.8 Å². The van der Waals surface area contributed by atoms with Crippen LogP contribution in [0.2, 0.25) is 0 Å². The van der Waals surface area contributed by atoms with Gasteiger partial charge in [0.15, 0.2) is 0 Å². The van der Waals surface area contributed by atoms with E-state index in [1.165, 1.54) is 5.57 Å². The van der Waals surface area contributed by atoms with Crippen LogP contribution in [0, 0.1) is 0 Å². The van der Waals surface area contributed by atoms with E-state index in [4.69, 9.17) is 4.42 Å². The fourth-order valence-corrected chi connectivity index (χ4v) is 3.05. The fourth-order valence-electron chi connectivity index (χ4n) is 2.22. The van der Waals surface area contributed by atoms with Crippen molar-refractivity contribution in [1.29, 1.82) is 0 Å². The van der Waals surface area contributed by atoms with Crippen molar-refractivity contribution in [3.63, 3.8) is 0 Å². The van der Waals surface area contributed by atoms with E-state index in [2.05, 4.69) is 19.6 Å². The maximum Gasteiger partial charge on any atom is 0.106 e. The first kappa shape index (κ1) is 16.5. The van der Waals surface area contributed by atoms with Crippen LogP contribution in [0.5, 0.6) is 0 Å². The zero-order chi connectivity index (χ0) is 15.8. The first-order valence-electron chi connectivity index (χ1n) is 7.64. The van der Waals surface area contributed by atoms with E-state index in [1.54, 1.807) is 11.7 Å². The van der Waals surface area contributed by atoms with Crippen LogP contribution in [-0.4, -0.2) is 4.21 Å². The second-order valence-corrected chi connectivity index (χ2v) is 6.59. The molecule has 2 aromatic rings. The van der Waals surface area contributed by atoms with Gasteiger partial charge in [-0.3, -0.25) is 0 Å². The molecule has 0 amide bonds. The maximum absolute atomic E-state index is 12.2. The highest BCUT2D eigenvalue weighted by Gasteiger charge is 2.08. The topological polar surface area (TPSA) is 30.2 Å². The van der Waals surface area contributed by atoms with Crippen LogP contribution in [0.15, 0.2) is 74.8 Å². The summed E-state index contributed by atoms with van der Waals surface area (Å²) in [7, 11) is -1.12. The molecule has 0 aliphatic carbocycles. The summed E-state index contributed by atoms with van der Waals surface area (Å²) < 4.78 is 17.6. The second-order valence-electron chi connectivity index (χ2n) is 5.28. The van der Waals surface area contributed by atoms with Crippen LogP contribution in [0.3, 0.4) is 0 Å². The molecule has 2 unspecified atom stereocenters. The van der Waals surface area contributed by atoms with Crippen LogP contribution in [0.1, 0.15) is 44.8 Å². The number of hydrogen-bond acceptors (Lipinski definition) is 2. The average Bonchev–Trinajstić information content (AvgIpc) is 3.10. The van der Waals surface area contributed by atoms with Crippen LogP contribution >= 0.6 is 0 Å². The summed E-state index contributed by atoms with van der Waals surface area (Å²) in [6, 6.07) is 13.4. The van der Waals surface area contributed by atoms with Gasteiger partial charge >= 0.3 is 0 Å². The molecular formula is C19H22O2S. The average molecular weight is 314 g/mol. The van der Waals surface area contributed by atoms with Crippen molar-refractivity contribution in [2.24, 2.45) is 0 Å². The number of allylic oxidation sites excluding steroid dienone is 1. The van der Waals surface area contributed by atoms with Gasteiger partial charge in [-0.1, -0.05) is 32.0 Å². The molecule has 1 aromatic carbocycles. The Hall–Kier alpha value is -1.83. The van der Waals surface area contributed by atoms with Gasteiger partial charge in [-0.05, 0) is 49.1 Å². The Labute approximate surface area is 135 Å². The molecule has 0 spiro atoms. The summed E-state index contributed by atoms with van der Waals surface area (Å²) >= 11 is 0. The van der Waals surface area contributed by atoms with Gasteiger partial charge in [0.05, 0.1) is 17.1 Å². The Morgan fingerprint density at radius 2 is 2.05 bits per heavy atom. The van der Waals surface area contributed by atoms with Crippen LogP contribution in [0.4, 0.5) is 0 Å². The van der Waals surface area contributed by atoms with Gasteiger partial charge in [0.25, 0.3) is 0 Å². The fraction of sp³-hybridized carbons (Fsp3) is 0.316. The van der Waals surface area contributed by atoms with Crippen molar-refractivity contribution < 1.29 is 8.63 Å². The van der Waals surface area contributed by atoms with Gasteiger partial charge in [-0.15, -0.1) is 5.73 Å². The van der Waals surface area contributed by atoms with E-state index >= 15 is 0 Å². The first-order chi connectivity index (χ1) is 10.7. The lowest BCUT2D eigenvalue weighted by molar-refractivity contribution is 0.461. The zero-order valence-electron chi connectivity index (χ0n) is 13.1. The van der Waals surface area contributed by atoms with E-state index in [-0.39, 0.29) is 0 Å². The standard InChI is InChI=1S/C19H22O2S/c1-3-17(12-11-16(2)19-10-7-14-21-19)13-15-22(20)18-8-5-4-6-9-18/h4-10,14-16H,3,11-12H2,1-2H3. The number of benzene rings is 1. The van der Waals surface area contributed by atoms with Crippen molar-refractivity contribution in [2.45, 2.75) is 43.9 Å². The molecule has 0 bridgehead atoms. The SMILES string of the molecule is CCC(=C=CS(=O)c1ccccc1)CCC(C)c1ccco1. The summed E-state index contributed by atoms with van der Waals surface area (Å²) in [5, 5.41) is 1.67. The van der Waals surface area contributed by atoms with E-state index < -0.39 is 10.8 Å². The molecule has 0 N–H and O–H groups in total. The van der Waals surface area contributed by atoms with E-state index in [1.807, 2.05) is 42.5 Å². The van der Waals surface area contributed by atoms with Gasteiger partial charge in [0.2, 0.25) is 0 Å². The molecule has 116 valence electrons. The predicted molar refractivity (Wildman–Crippen MR) is 91.1 cm³/mol. The highest BCUT2D eigenvalue weighted by molar-refractivity contribution is 7.88. The smallest absolute Gasteiger partial charge is 0.106 e. The molecule has 2 rings (SSSR count). The molecule has 0 saturated carbocycles. The minimum absolute atomic E-state index is 0.387. The number of rotatable bonds is 7. The molecular weight excluding hydrogens is 292 g/mol. The molecule has 0 aliphatic rings. The molecule has 0 fully saturated rings. The van der Waals surface area contributed by atoms with Gasteiger partial charge in [-0.2, -0.15) is 0 Å². The van der Waals surface area contributed by atoms with Crippen molar-refractivity contribution in [3.05, 3.63) is 71.2 Å². The number of furan rings is 1. The Morgan fingerprint density at radius 1 is 1.27 bits per heavy atom. The third-order valence-electron chi connectivity index (χ3n) is 3.68. The van der Waals surface area contributed by atoms with Crippen molar-refractivity contribution in [2.75, 3.05) is 0 Å². The lowest BCUT2D eigenvalue weighted by atomic mass is 9.98. The molecule has 3 heteroatoms. The monoisotopic (exact) mass is 314 g/mol. The molecule has 2 nitrogen and oxygen atoms in total. The lowest BCUT2D eigenvalue weighted by Crippen LogP contribution is -1.93. The van der Waals surface area contributed by atoms with Gasteiger partial charge in [0.1, 0.15) is 5.76 Å². The molecule has 0 saturated heterocycles. The Kier molecular flexibility index (Phi) is 6.45. The van der Waals surface area contributed by atoms with E-state index in [9.17, 15) is 4.21 Å². The summed E-state index contributed by atoms with van der Waals surface area (Å²) in [5.41, 5.74) is 4.43. The summed E-state index contributed by atoms with van der Waals surface area (Å²) in [6.07, 6.45) is 4.59. The third kappa shape index (κ3) is 4.87. The highest BCUT2D eigenvalue weighted by Crippen LogP contribution is 2.23. The van der Waals surface area contributed by atoms with Crippen molar-refractivity contribution in [3.8, 4) is 0 Å². The summed E-state index contributed by atoms with van der Waals surface area (Å²) in [6.45, 7) is 4.27. The molecule has 0 aliphatic heterocycles. The van der Waals surface area contributed by atoms with Crippen LogP contribution in [-0.2, 0) is 10.8 Å². The van der Waals surface area contributed by atoms with Gasteiger partial charge < -0.3 is 4.42 Å². The second kappa shape index (κ2) is 8.57. The molecule has 0 radical (unpaired) electrons. The normalized spacial score (nSPS) is 13.2. The largest absolute Gasteiger partial charge is 0.469 e. The van der Waals surface area contributed by atoms with Gasteiger partial charge in [0, 0.05) is 16.2 Å². The van der Waals surface area contributed by atoms with Crippen LogP contribution in [0.25, 0.3) is 0 Å². The third-order valence-corrected chi connectivity index (χ3v) is 4.75. The Morgan fingerprint density at radius 3 is 2.68 bits per heavy atom. The quantitative estimate of drug-likeness (QED) is 0.639. The minimum Gasteiger partial charge on any atom is -0.469 e. The Balaban J connectivity index is 1.98. The number of hydrogen-bond donors (Lipinski definition) is 0. The Bertz CT molecular complexity index is 650. The molecule has 2 atom stereocenters. The van der Waals surface area contributed by atoms with Gasteiger partial charge in [-0.25, -0.2) is 4.21 Å². The van der Waals surface area contributed by atoms with E-state index in [0.29, 0.717) is 5.92 Å². The minimum atomic E-state index is -1.12. The predicted octanol–water partition coefficient (Wildman–Crippen LogP) is 5.42. The van der Waals surface area contributed by atoms with Crippen molar-refractivity contribution in [1.82, 2.24) is 0 Å². The molecule has 1 aromatic heterocycles. The summed E-state index contributed by atoms with van der Waals surface area (Å²) in [5.74, 6) is 1.41. The maximum atomic E-state index is 12.2. The molecule has 1 heterocycles. The first-order valence-corrected chi connectivity index (χ1v) is 8.85. The summed E-state index contributed by atoms with van der Waals surface area (Å²) in [4.78, 5) is 0.814. The van der Waals surface area contributed by atoms with Crippen LogP contribution < -0.4 is 0 Å². The zero-order valence-corrected chi connectivity index (χ0v) is 13.9. The lowest BCUT2D eigenvalue weighted by Gasteiger charge is -2.08. The molecule has 22 heavy (non-hydrogen) atoms. The highest BCUT2D eigenvalue weighted by atomic mass is 32.2. The van der Waals surface area contributed by atoms with E-state index in [0.717, 1.165) is 29.9 Å².